The number of amides is 1. The molecule has 0 spiro atoms. The van der Waals surface area contributed by atoms with Gasteiger partial charge in [-0.05, 0) is 55.2 Å². The minimum absolute atomic E-state index is 0.153. The monoisotopic (exact) mass is 404 g/mol. The van der Waals surface area contributed by atoms with Gasteiger partial charge in [-0.3, -0.25) is 4.79 Å². The number of carbonyl (C=O) groups is 1. The largest absolute Gasteiger partial charge is 0.352 e. The van der Waals surface area contributed by atoms with Crippen molar-refractivity contribution in [2.75, 3.05) is 19.6 Å². The number of hydrogen-bond donors (Lipinski definition) is 1. The second-order valence-electron chi connectivity index (χ2n) is 6.98. The molecule has 1 fully saturated rings. The first-order valence-electron chi connectivity index (χ1n) is 9.60. The van der Waals surface area contributed by atoms with Crippen LogP contribution < -0.4 is 5.32 Å². The quantitative estimate of drug-likeness (QED) is 0.803. The van der Waals surface area contributed by atoms with Crippen LogP contribution in [0.25, 0.3) is 0 Å². The molecule has 0 bridgehead atoms. The van der Waals surface area contributed by atoms with Gasteiger partial charge >= 0.3 is 0 Å². The SMILES string of the molecule is O=C(NCCc1ccc(F)cc1)c1cccc(S(=O)(=O)N2CCCCCC2)c1. The Morgan fingerprint density at radius 2 is 1.68 bits per heavy atom. The third-order valence-electron chi connectivity index (χ3n) is 4.91. The number of carbonyl (C=O) groups excluding carboxylic acids is 1. The van der Waals surface area contributed by atoms with Gasteiger partial charge in [-0.25, -0.2) is 12.8 Å². The highest BCUT2D eigenvalue weighted by molar-refractivity contribution is 7.89. The molecule has 0 atom stereocenters. The molecule has 1 N–H and O–H groups in total. The van der Waals surface area contributed by atoms with Crippen molar-refractivity contribution < 1.29 is 17.6 Å². The average Bonchev–Trinajstić information content (AvgIpc) is 3.00. The summed E-state index contributed by atoms with van der Waals surface area (Å²) in [6, 6.07) is 12.3. The predicted octanol–water partition coefficient (Wildman–Crippen LogP) is 3.36. The Labute approximate surface area is 165 Å². The Balaban J connectivity index is 1.64. The van der Waals surface area contributed by atoms with Crippen LogP contribution in [-0.2, 0) is 16.4 Å². The normalized spacial score (nSPS) is 15.8. The number of sulfonamides is 1. The van der Waals surface area contributed by atoms with Gasteiger partial charge in [-0.2, -0.15) is 4.31 Å². The smallest absolute Gasteiger partial charge is 0.251 e. The Kier molecular flexibility index (Phi) is 6.80. The van der Waals surface area contributed by atoms with E-state index in [9.17, 15) is 17.6 Å². The maximum Gasteiger partial charge on any atom is 0.251 e. The van der Waals surface area contributed by atoms with Gasteiger partial charge in [0.25, 0.3) is 5.91 Å². The number of nitrogens with zero attached hydrogens (tertiary/aromatic N) is 1. The van der Waals surface area contributed by atoms with Crippen molar-refractivity contribution in [3.05, 3.63) is 65.5 Å². The van der Waals surface area contributed by atoms with Crippen molar-refractivity contribution in [1.29, 1.82) is 0 Å². The molecule has 0 unspecified atom stereocenters. The molecule has 150 valence electrons. The van der Waals surface area contributed by atoms with E-state index < -0.39 is 10.0 Å². The number of benzene rings is 2. The first-order valence-corrected chi connectivity index (χ1v) is 11.0. The van der Waals surface area contributed by atoms with Crippen LogP contribution in [0.3, 0.4) is 0 Å². The molecule has 1 saturated heterocycles. The third-order valence-corrected chi connectivity index (χ3v) is 6.81. The minimum atomic E-state index is -3.59. The summed E-state index contributed by atoms with van der Waals surface area (Å²) >= 11 is 0. The Bertz CT molecular complexity index is 906. The number of rotatable bonds is 6. The van der Waals surface area contributed by atoms with Crippen molar-refractivity contribution in [3.8, 4) is 0 Å². The molecule has 0 aromatic heterocycles. The summed E-state index contributed by atoms with van der Waals surface area (Å²) < 4.78 is 40.3. The molecular formula is C21H25FN2O3S. The molecule has 2 aromatic rings. The average molecular weight is 405 g/mol. The molecule has 1 heterocycles. The lowest BCUT2D eigenvalue weighted by Gasteiger charge is -2.20. The third kappa shape index (κ3) is 5.17. The van der Waals surface area contributed by atoms with E-state index in [0.717, 1.165) is 31.2 Å². The summed E-state index contributed by atoms with van der Waals surface area (Å²) in [6.07, 6.45) is 4.38. The standard InChI is InChI=1S/C21H25FN2O3S/c22-19-10-8-17(9-11-19)12-13-23-21(25)18-6-5-7-20(16-18)28(26,27)24-14-3-1-2-4-15-24/h5-11,16H,1-4,12-15H2,(H,23,25). The van der Waals surface area contributed by atoms with Crippen LogP contribution in [-0.4, -0.2) is 38.3 Å². The van der Waals surface area contributed by atoms with Crippen molar-refractivity contribution >= 4 is 15.9 Å². The van der Waals surface area contributed by atoms with E-state index in [1.165, 1.54) is 28.6 Å². The zero-order chi connectivity index (χ0) is 20.0. The van der Waals surface area contributed by atoms with E-state index in [4.69, 9.17) is 0 Å². The van der Waals surface area contributed by atoms with Gasteiger partial charge in [0.05, 0.1) is 4.90 Å². The topological polar surface area (TPSA) is 66.5 Å². The fourth-order valence-corrected chi connectivity index (χ4v) is 4.87. The zero-order valence-corrected chi connectivity index (χ0v) is 16.6. The molecule has 1 amide bonds. The molecule has 1 aliphatic rings. The molecule has 5 nitrogen and oxygen atoms in total. The van der Waals surface area contributed by atoms with E-state index in [0.29, 0.717) is 31.6 Å². The Morgan fingerprint density at radius 3 is 2.36 bits per heavy atom. The summed E-state index contributed by atoms with van der Waals surface area (Å²) in [5, 5.41) is 2.79. The van der Waals surface area contributed by atoms with Gasteiger partial charge in [0.1, 0.15) is 5.82 Å². The van der Waals surface area contributed by atoms with Crippen LogP contribution in [0.4, 0.5) is 4.39 Å². The molecule has 0 aliphatic carbocycles. The fraction of sp³-hybridized carbons (Fsp3) is 0.381. The Hall–Kier alpha value is -2.25. The van der Waals surface area contributed by atoms with E-state index in [1.54, 1.807) is 24.3 Å². The van der Waals surface area contributed by atoms with Gasteiger partial charge in [-0.1, -0.05) is 31.0 Å². The minimum Gasteiger partial charge on any atom is -0.352 e. The molecule has 7 heteroatoms. The van der Waals surface area contributed by atoms with Crippen LogP contribution >= 0.6 is 0 Å². The van der Waals surface area contributed by atoms with Crippen molar-refractivity contribution in [1.82, 2.24) is 9.62 Å². The summed E-state index contributed by atoms with van der Waals surface area (Å²) in [6.45, 7) is 1.43. The highest BCUT2D eigenvalue weighted by atomic mass is 32.2. The highest BCUT2D eigenvalue weighted by Gasteiger charge is 2.25. The first kappa shape index (κ1) is 20.5. The van der Waals surface area contributed by atoms with Gasteiger partial charge in [-0.15, -0.1) is 0 Å². The fourth-order valence-electron chi connectivity index (χ4n) is 3.30. The van der Waals surface area contributed by atoms with Crippen LogP contribution in [0.15, 0.2) is 53.4 Å². The van der Waals surface area contributed by atoms with Gasteiger partial charge in [0, 0.05) is 25.2 Å². The first-order chi connectivity index (χ1) is 13.5. The molecule has 2 aromatic carbocycles. The highest BCUT2D eigenvalue weighted by Crippen LogP contribution is 2.21. The number of halogens is 1. The second-order valence-corrected chi connectivity index (χ2v) is 8.92. The van der Waals surface area contributed by atoms with Gasteiger partial charge in [0.2, 0.25) is 10.0 Å². The van der Waals surface area contributed by atoms with Crippen molar-refractivity contribution in [3.63, 3.8) is 0 Å². The lowest BCUT2D eigenvalue weighted by atomic mass is 10.1. The van der Waals surface area contributed by atoms with E-state index in [1.807, 2.05) is 0 Å². The van der Waals surface area contributed by atoms with Crippen molar-refractivity contribution in [2.24, 2.45) is 0 Å². The zero-order valence-electron chi connectivity index (χ0n) is 15.7. The summed E-state index contributed by atoms with van der Waals surface area (Å²) in [4.78, 5) is 12.6. The molecule has 0 saturated carbocycles. The molecular weight excluding hydrogens is 379 g/mol. The maximum absolute atomic E-state index is 12.9. The van der Waals surface area contributed by atoms with Gasteiger partial charge in [0.15, 0.2) is 0 Å². The van der Waals surface area contributed by atoms with Crippen LogP contribution in [0.1, 0.15) is 41.6 Å². The van der Waals surface area contributed by atoms with Gasteiger partial charge < -0.3 is 5.32 Å². The molecule has 0 radical (unpaired) electrons. The van der Waals surface area contributed by atoms with Crippen LogP contribution in [0, 0.1) is 5.82 Å². The predicted molar refractivity (Wildman–Crippen MR) is 106 cm³/mol. The lowest BCUT2D eigenvalue weighted by molar-refractivity contribution is 0.0954. The molecule has 28 heavy (non-hydrogen) atoms. The number of nitrogens with one attached hydrogen (secondary N) is 1. The molecule has 1 aliphatic heterocycles. The van der Waals surface area contributed by atoms with Crippen molar-refractivity contribution in [2.45, 2.75) is 37.0 Å². The summed E-state index contributed by atoms with van der Waals surface area (Å²) in [7, 11) is -3.59. The van der Waals surface area contributed by atoms with E-state index in [2.05, 4.69) is 5.32 Å². The van der Waals surface area contributed by atoms with Crippen LogP contribution in [0.5, 0.6) is 0 Å². The Morgan fingerprint density at radius 1 is 1.00 bits per heavy atom. The van der Waals surface area contributed by atoms with E-state index >= 15 is 0 Å². The lowest BCUT2D eigenvalue weighted by Crippen LogP contribution is -2.32. The van der Waals surface area contributed by atoms with E-state index in [-0.39, 0.29) is 16.6 Å². The summed E-state index contributed by atoms with van der Waals surface area (Å²) in [5.41, 5.74) is 1.23. The van der Waals surface area contributed by atoms with Crippen LogP contribution in [0.2, 0.25) is 0 Å². The summed E-state index contributed by atoms with van der Waals surface area (Å²) in [5.74, 6) is -0.620. The second kappa shape index (κ2) is 9.30. The maximum atomic E-state index is 12.9. The number of hydrogen-bond acceptors (Lipinski definition) is 3. The molecule has 3 rings (SSSR count).